The molecule has 2 fully saturated rings. The molecule has 0 spiro atoms. The van der Waals surface area contributed by atoms with Crippen molar-refractivity contribution in [1.29, 1.82) is 0 Å². The van der Waals surface area contributed by atoms with Gasteiger partial charge >= 0.3 is 15.5 Å². The fourth-order valence-corrected chi connectivity index (χ4v) is 4.60. The Morgan fingerprint density at radius 3 is 2.47 bits per heavy atom. The van der Waals surface area contributed by atoms with Gasteiger partial charge in [0.2, 0.25) is 0 Å². The van der Waals surface area contributed by atoms with Crippen molar-refractivity contribution in [1.82, 2.24) is 14.9 Å². The molecule has 2 aliphatic heterocycles. The molecule has 2 saturated heterocycles. The highest BCUT2D eigenvalue weighted by Crippen LogP contribution is 2.32. The van der Waals surface area contributed by atoms with E-state index in [0.29, 0.717) is 62.4 Å². The largest absolute Gasteiger partial charge is 0.511 e. The van der Waals surface area contributed by atoms with Gasteiger partial charge in [0, 0.05) is 44.8 Å². The van der Waals surface area contributed by atoms with Gasteiger partial charge in [0.15, 0.2) is 5.96 Å². The monoisotopic (exact) mass is 572 g/mol. The van der Waals surface area contributed by atoms with Gasteiger partial charge in [-0.1, -0.05) is 0 Å². The first-order valence-electron chi connectivity index (χ1n) is 9.91. The second-order valence-corrected chi connectivity index (χ2v) is 9.57. The fourth-order valence-electron chi connectivity index (χ4n) is 3.62. The van der Waals surface area contributed by atoms with Crippen molar-refractivity contribution in [2.45, 2.75) is 38.1 Å². The van der Waals surface area contributed by atoms with Crippen molar-refractivity contribution >= 4 is 40.0 Å². The predicted octanol–water partition coefficient (Wildman–Crippen LogP) is 1.51. The molecule has 30 heavy (non-hydrogen) atoms. The number of hydrogen-bond acceptors (Lipinski definition) is 5. The zero-order chi connectivity index (χ0) is 21.5. The summed E-state index contributed by atoms with van der Waals surface area (Å²) in [7, 11) is -5.25. The molecule has 0 aromatic heterocycles. The summed E-state index contributed by atoms with van der Waals surface area (Å²) in [6.07, 6.45) is 2.15. The maximum absolute atomic E-state index is 12.7. The molecular formula is C17H32F3IN4O4S. The van der Waals surface area contributed by atoms with E-state index >= 15 is 0 Å². The van der Waals surface area contributed by atoms with Gasteiger partial charge < -0.3 is 20.5 Å². The van der Waals surface area contributed by atoms with Crippen LogP contribution < -0.4 is 10.6 Å². The standard InChI is InChI=1S/C17H31F3N4O4S.HI/c1-2-21-15(23-12-16(5-9-25)6-10-28-13-16)22-11-14-3-7-24(8-4-14)29(26,27)17(18,19)20;/h14,25H,2-13H2,1H3,(H2,21,22,23);1H. The summed E-state index contributed by atoms with van der Waals surface area (Å²) in [5, 5.41) is 15.7. The average Bonchev–Trinajstić information content (AvgIpc) is 3.12. The number of nitrogens with zero attached hydrogens (tertiary/aromatic N) is 2. The number of aliphatic hydroxyl groups is 1. The Morgan fingerprint density at radius 2 is 1.97 bits per heavy atom. The quantitative estimate of drug-likeness (QED) is 0.232. The molecule has 178 valence electrons. The molecule has 0 amide bonds. The van der Waals surface area contributed by atoms with E-state index < -0.39 is 15.5 Å². The van der Waals surface area contributed by atoms with E-state index in [2.05, 4.69) is 15.6 Å². The smallest absolute Gasteiger partial charge is 0.396 e. The summed E-state index contributed by atoms with van der Waals surface area (Å²) in [5.41, 5.74) is -5.42. The molecular weight excluding hydrogens is 540 g/mol. The van der Waals surface area contributed by atoms with Crippen LogP contribution >= 0.6 is 24.0 Å². The number of nitrogens with one attached hydrogen (secondary N) is 2. The summed E-state index contributed by atoms with van der Waals surface area (Å²) >= 11 is 0. The number of hydrogen-bond donors (Lipinski definition) is 3. The molecule has 0 radical (unpaired) electrons. The molecule has 0 aliphatic carbocycles. The summed E-state index contributed by atoms with van der Waals surface area (Å²) in [6, 6.07) is 0. The Bertz CT molecular complexity index is 650. The van der Waals surface area contributed by atoms with Crippen LogP contribution in [-0.2, 0) is 14.8 Å². The number of aliphatic hydroxyl groups excluding tert-OH is 1. The van der Waals surface area contributed by atoms with Gasteiger partial charge in [-0.25, -0.2) is 8.42 Å². The van der Waals surface area contributed by atoms with Crippen LogP contribution in [0.5, 0.6) is 0 Å². The maximum atomic E-state index is 12.7. The number of ether oxygens (including phenoxy) is 1. The number of guanidine groups is 1. The molecule has 1 unspecified atom stereocenters. The third-order valence-corrected chi connectivity index (χ3v) is 7.14. The van der Waals surface area contributed by atoms with Gasteiger partial charge in [-0.3, -0.25) is 4.99 Å². The third kappa shape index (κ3) is 7.35. The van der Waals surface area contributed by atoms with Gasteiger partial charge in [-0.15, -0.1) is 24.0 Å². The number of piperidine rings is 1. The van der Waals surface area contributed by atoms with Crippen molar-refractivity contribution in [2.24, 2.45) is 16.3 Å². The van der Waals surface area contributed by atoms with Gasteiger partial charge in [0.25, 0.3) is 0 Å². The SMILES string of the molecule is CCNC(=NCC1(CCO)CCOC1)NCC1CCN(S(=O)(=O)C(F)(F)F)CC1.I. The van der Waals surface area contributed by atoms with E-state index in [1.165, 1.54) is 0 Å². The minimum atomic E-state index is -5.25. The molecule has 0 bridgehead atoms. The highest BCUT2D eigenvalue weighted by atomic mass is 127. The Kier molecular flexibility index (Phi) is 11.1. The normalized spacial score (nSPS) is 24.5. The second-order valence-electron chi connectivity index (χ2n) is 7.65. The Balaban J connectivity index is 0.00000450. The van der Waals surface area contributed by atoms with Gasteiger partial charge in [0.1, 0.15) is 0 Å². The minimum Gasteiger partial charge on any atom is -0.396 e. The number of sulfonamides is 1. The predicted molar refractivity (Wildman–Crippen MR) is 118 cm³/mol. The van der Waals surface area contributed by atoms with E-state index in [4.69, 9.17) is 4.74 Å². The first-order valence-corrected chi connectivity index (χ1v) is 11.3. The molecule has 2 aliphatic rings. The van der Waals surface area contributed by atoms with Crippen molar-refractivity contribution in [3.63, 3.8) is 0 Å². The summed E-state index contributed by atoms with van der Waals surface area (Å²) in [4.78, 5) is 4.61. The van der Waals surface area contributed by atoms with Crippen molar-refractivity contribution in [3.05, 3.63) is 0 Å². The van der Waals surface area contributed by atoms with E-state index in [-0.39, 0.29) is 55.0 Å². The van der Waals surface area contributed by atoms with Crippen LogP contribution in [-0.4, -0.2) is 81.8 Å². The maximum Gasteiger partial charge on any atom is 0.511 e. The number of halogens is 4. The Hall–Kier alpha value is -0.380. The van der Waals surface area contributed by atoms with Crippen LogP contribution in [0.15, 0.2) is 4.99 Å². The molecule has 3 N–H and O–H groups in total. The summed E-state index contributed by atoms with van der Waals surface area (Å²) in [6.45, 7) is 4.58. The first kappa shape index (κ1) is 27.7. The van der Waals surface area contributed by atoms with Crippen molar-refractivity contribution in [2.75, 3.05) is 52.5 Å². The number of rotatable bonds is 8. The molecule has 0 aromatic rings. The van der Waals surface area contributed by atoms with Crippen LogP contribution in [0, 0.1) is 11.3 Å². The Morgan fingerprint density at radius 1 is 1.30 bits per heavy atom. The van der Waals surface area contributed by atoms with Gasteiger partial charge in [-0.2, -0.15) is 17.5 Å². The van der Waals surface area contributed by atoms with Crippen LogP contribution in [0.1, 0.15) is 32.6 Å². The lowest BCUT2D eigenvalue weighted by molar-refractivity contribution is -0.0496. The van der Waals surface area contributed by atoms with Crippen LogP contribution in [0.25, 0.3) is 0 Å². The topological polar surface area (TPSA) is 103 Å². The summed E-state index contributed by atoms with van der Waals surface area (Å²) in [5.74, 6) is 0.654. The molecule has 13 heteroatoms. The van der Waals surface area contributed by atoms with Crippen LogP contribution in [0.2, 0.25) is 0 Å². The molecule has 8 nitrogen and oxygen atoms in total. The lowest BCUT2D eigenvalue weighted by atomic mass is 9.84. The highest BCUT2D eigenvalue weighted by Gasteiger charge is 2.50. The van der Waals surface area contributed by atoms with Crippen molar-refractivity contribution < 1.29 is 31.4 Å². The molecule has 2 heterocycles. The van der Waals surface area contributed by atoms with E-state index in [1.807, 2.05) is 6.92 Å². The molecule has 1 atom stereocenters. The van der Waals surface area contributed by atoms with Gasteiger partial charge in [0.05, 0.1) is 13.2 Å². The fraction of sp³-hybridized carbons (Fsp3) is 0.941. The number of aliphatic imine (C=N–C) groups is 1. The first-order chi connectivity index (χ1) is 13.6. The van der Waals surface area contributed by atoms with Crippen LogP contribution in [0.4, 0.5) is 13.2 Å². The van der Waals surface area contributed by atoms with E-state index in [9.17, 15) is 26.7 Å². The zero-order valence-electron chi connectivity index (χ0n) is 17.1. The lowest BCUT2D eigenvalue weighted by Gasteiger charge is -2.32. The molecule has 0 aromatic carbocycles. The Labute approximate surface area is 193 Å². The zero-order valence-corrected chi connectivity index (χ0v) is 20.2. The third-order valence-electron chi connectivity index (χ3n) is 5.51. The lowest BCUT2D eigenvalue weighted by Crippen LogP contribution is -2.47. The van der Waals surface area contributed by atoms with E-state index in [0.717, 1.165) is 6.42 Å². The second kappa shape index (κ2) is 12.0. The van der Waals surface area contributed by atoms with Gasteiger partial charge in [-0.05, 0) is 38.5 Å². The highest BCUT2D eigenvalue weighted by molar-refractivity contribution is 14.0. The number of alkyl halides is 3. The van der Waals surface area contributed by atoms with Crippen LogP contribution in [0.3, 0.4) is 0 Å². The average molecular weight is 572 g/mol. The minimum absolute atomic E-state index is 0. The van der Waals surface area contributed by atoms with Crippen molar-refractivity contribution in [3.8, 4) is 0 Å². The molecule has 2 rings (SSSR count). The van der Waals surface area contributed by atoms with E-state index in [1.54, 1.807) is 0 Å². The molecule has 0 saturated carbocycles. The summed E-state index contributed by atoms with van der Waals surface area (Å²) < 4.78 is 66.9.